The van der Waals surface area contributed by atoms with Crippen molar-refractivity contribution < 1.29 is 18.1 Å². The fraction of sp³-hybridized carbons (Fsp3) is 0.250. The Morgan fingerprint density at radius 2 is 2.06 bits per heavy atom. The van der Waals surface area contributed by atoms with Crippen LogP contribution in [0.4, 0.5) is 24.5 Å². The van der Waals surface area contributed by atoms with Gasteiger partial charge in [-0.1, -0.05) is 11.6 Å². The van der Waals surface area contributed by atoms with Gasteiger partial charge in [-0.15, -0.1) is 0 Å². The molecule has 1 aromatic carbocycles. The van der Waals surface area contributed by atoms with Crippen molar-refractivity contribution in [3.05, 3.63) is 33.3 Å². The summed E-state index contributed by atoms with van der Waals surface area (Å²) >= 11 is 5.51. The molecule has 0 aliphatic heterocycles. The smallest absolute Gasteiger partial charge is 0.376 e. The van der Waals surface area contributed by atoms with Gasteiger partial charge < -0.3 is 5.32 Å². The zero-order valence-electron chi connectivity index (χ0n) is 7.71. The summed E-state index contributed by atoms with van der Waals surface area (Å²) in [7, 11) is 0. The van der Waals surface area contributed by atoms with Gasteiger partial charge in [0.15, 0.2) is 0 Å². The molecule has 0 aromatic heterocycles. The molecule has 0 aliphatic rings. The van der Waals surface area contributed by atoms with Crippen LogP contribution in [0.15, 0.2) is 18.2 Å². The average molecular weight is 255 g/mol. The van der Waals surface area contributed by atoms with Crippen LogP contribution in [0.3, 0.4) is 0 Å². The SMILES string of the molecule is O=[N+]([O-])c1ccc(NCC(F)(F)F)cc1Cl. The number of anilines is 1. The van der Waals surface area contributed by atoms with E-state index >= 15 is 0 Å². The van der Waals surface area contributed by atoms with E-state index in [2.05, 4.69) is 5.32 Å². The van der Waals surface area contributed by atoms with E-state index in [9.17, 15) is 23.3 Å². The first-order valence-electron chi connectivity index (χ1n) is 4.04. The van der Waals surface area contributed by atoms with Gasteiger partial charge in [-0.3, -0.25) is 10.1 Å². The van der Waals surface area contributed by atoms with E-state index in [1.807, 2.05) is 0 Å². The first kappa shape index (κ1) is 12.6. The number of hydrogen-bond acceptors (Lipinski definition) is 3. The van der Waals surface area contributed by atoms with Crippen molar-refractivity contribution in [3.63, 3.8) is 0 Å². The molecule has 0 radical (unpaired) electrons. The Bertz CT molecular complexity index is 409. The molecular weight excluding hydrogens is 249 g/mol. The number of nitro benzene ring substituents is 1. The fourth-order valence-corrected chi connectivity index (χ4v) is 1.22. The molecule has 0 fully saturated rings. The van der Waals surface area contributed by atoms with Crippen LogP contribution < -0.4 is 5.32 Å². The first-order valence-corrected chi connectivity index (χ1v) is 4.42. The lowest BCUT2D eigenvalue weighted by Crippen LogP contribution is -2.21. The number of benzene rings is 1. The molecule has 0 saturated heterocycles. The zero-order chi connectivity index (χ0) is 12.3. The van der Waals surface area contributed by atoms with Crippen molar-refractivity contribution in [2.45, 2.75) is 6.18 Å². The molecule has 0 unspecified atom stereocenters. The second kappa shape index (κ2) is 4.56. The Morgan fingerprint density at radius 1 is 1.44 bits per heavy atom. The van der Waals surface area contributed by atoms with Gasteiger partial charge in [0, 0.05) is 11.8 Å². The molecule has 0 bridgehead atoms. The van der Waals surface area contributed by atoms with Crippen LogP contribution in [-0.4, -0.2) is 17.6 Å². The van der Waals surface area contributed by atoms with Crippen LogP contribution in [0, 0.1) is 10.1 Å². The van der Waals surface area contributed by atoms with Crippen LogP contribution in [0.25, 0.3) is 0 Å². The second-order valence-corrected chi connectivity index (χ2v) is 3.30. The maximum absolute atomic E-state index is 11.8. The number of nitrogens with one attached hydrogen (secondary N) is 1. The summed E-state index contributed by atoms with van der Waals surface area (Å²) in [6.07, 6.45) is -4.35. The van der Waals surface area contributed by atoms with Crippen LogP contribution in [-0.2, 0) is 0 Å². The standard InChI is InChI=1S/C8H6ClF3N2O2/c9-6-3-5(13-4-8(10,11)12)1-2-7(6)14(15)16/h1-3,13H,4H2. The minimum atomic E-state index is -4.35. The Hall–Kier alpha value is -1.50. The second-order valence-electron chi connectivity index (χ2n) is 2.89. The highest BCUT2D eigenvalue weighted by Gasteiger charge is 2.26. The quantitative estimate of drug-likeness (QED) is 0.665. The molecule has 8 heteroatoms. The molecule has 1 N–H and O–H groups in total. The number of halogens is 4. The minimum absolute atomic E-state index is 0.0768. The summed E-state index contributed by atoms with van der Waals surface area (Å²) in [5, 5.41) is 12.2. The predicted molar refractivity (Wildman–Crippen MR) is 52.7 cm³/mol. The van der Waals surface area contributed by atoms with Crippen LogP contribution in [0.2, 0.25) is 5.02 Å². The number of nitro groups is 1. The molecule has 0 saturated carbocycles. The molecule has 0 atom stereocenters. The molecule has 1 rings (SSSR count). The van der Waals surface area contributed by atoms with Gasteiger partial charge in [-0.2, -0.15) is 13.2 Å². The Morgan fingerprint density at radius 3 is 2.50 bits per heavy atom. The average Bonchev–Trinajstić information content (AvgIpc) is 2.13. The van der Waals surface area contributed by atoms with Gasteiger partial charge in [0.1, 0.15) is 11.6 Å². The van der Waals surface area contributed by atoms with E-state index in [0.717, 1.165) is 18.2 Å². The maximum Gasteiger partial charge on any atom is 0.405 e. The molecular formula is C8H6ClF3N2O2. The van der Waals surface area contributed by atoms with Crippen LogP contribution in [0.1, 0.15) is 0 Å². The van der Waals surface area contributed by atoms with Crippen molar-refractivity contribution in [2.75, 3.05) is 11.9 Å². The van der Waals surface area contributed by atoms with Gasteiger partial charge in [0.05, 0.1) is 4.92 Å². The minimum Gasteiger partial charge on any atom is -0.376 e. The molecule has 88 valence electrons. The van der Waals surface area contributed by atoms with E-state index < -0.39 is 17.6 Å². The largest absolute Gasteiger partial charge is 0.405 e. The molecule has 16 heavy (non-hydrogen) atoms. The predicted octanol–water partition coefficient (Wildman–Crippen LogP) is 3.22. The Kier molecular flexibility index (Phi) is 3.58. The molecule has 0 heterocycles. The normalized spacial score (nSPS) is 11.2. The number of rotatable bonds is 3. The first-order chi connectivity index (χ1) is 7.29. The summed E-state index contributed by atoms with van der Waals surface area (Å²) in [5.41, 5.74) is -0.271. The van der Waals surface area contributed by atoms with Crippen molar-refractivity contribution in [1.82, 2.24) is 0 Å². The van der Waals surface area contributed by atoms with E-state index in [0.29, 0.717) is 0 Å². The van der Waals surface area contributed by atoms with E-state index in [-0.39, 0.29) is 16.4 Å². The lowest BCUT2D eigenvalue weighted by atomic mass is 10.3. The third-order valence-electron chi connectivity index (χ3n) is 1.64. The summed E-state index contributed by atoms with van der Waals surface area (Å²) in [4.78, 5) is 9.66. The van der Waals surface area contributed by atoms with Gasteiger partial charge in [0.2, 0.25) is 0 Å². The summed E-state index contributed by atoms with van der Waals surface area (Å²) < 4.78 is 35.5. The molecule has 4 nitrogen and oxygen atoms in total. The van der Waals surface area contributed by atoms with E-state index in [1.165, 1.54) is 0 Å². The molecule has 0 spiro atoms. The van der Waals surface area contributed by atoms with Gasteiger partial charge in [0.25, 0.3) is 5.69 Å². The fourth-order valence-electron chi connectivity index (χ4n) is 0.967. The highest BCUT2D eigenvalue weighted by Crippen LogP contribution is 2.27. The zero-order valence-corrected chi connectivity index (χ0v) is 8.47. The molecule has 0 aliphatic carbocycles. The van der Waals surface area contributed by atoms with Gasteiger partial charge in [-0.05, 0) is 12.1 Å². The van der Waals surface area contributed by atoms with Crippen molar-refractivity contribution >= 4 is 23.0 Å². The highest BCUT2D eigenvalue weighted by molar-refractivity contribution is 6.32. The lowest BCUT2D eigenvalue weighted by Gasteiger charge is -2.09. The number of hydrogen-bond donors (Lipinski definition) is 1. The topological polar surface area (TPSA) is 55.2 Å². The highest BCUT2D eigenvalue weighted by atomic mass is 35.5. The third-order valence-corrected chi connectivity index (χ3v) is 1.94. The van der Waals surface area contributed by atoms with Crippen LogP contribution >= 0.6 is 11.6 Å². The summed E-state index contributed by atoms with van der Waals surface area (Å²) in [6, 6.07) is 3.28. The molecule has 1 aromatic rings. The lowest BCUT2D eigenvalue weighted by molar-refractivity contribution is -0.384. The van der Waals surface area contributed by atoms with Crippen molar-refractivity contribution in [3.8, 4) is 0 Å². The van der Waals surface area contributed by atoms with Crippen molar-refractivity contribution in [2.24, 2.45) is 0 Å². The monoisotopic (exact) mass is 254 g/mol. The Labute approximate surface area is 93.2 Å². The number of alkyl halides is 3. The van der Waals surface area contributed by atoms with Gasteiger partial charge >= 0.3 is 6.18 Å². The molecule has 0 amide bonds. The Balaban J connectivity index is 2.78. The van der Waals surface area contributed by atoms with Crippen molar-refractivity contribution in [1.29, 1.82) is 0 Å². The summed E-state index contributed by atoms with van der Waals surface area (Å²) in [5.74, 6) is 0. The van der Waals surface area contributed by atoms with E-state index in [1.54, 1.807) is 0 Å². The maximum atomic E-state index is 11.8. The third kappa shape index (κ3) is 3.58. The van der Waals surface area contributed by atoms with E-state index in [4.69, 9.17) is 11.6 Å². The summed E-state index contributed by atoms with van der Waals surface area (Å²) in [6.45, 7) is -1.22. The number of nitrogens with zero attached hydrogens (tertiary/aromatic N) is 1. The van der Waals surface area contributed by atoms with Gasteiger partial charge in [-0.25, -0.2) is 0 Å². The van der Waals surface area contributed by atoms with Crippen LogP contribution in [0.5, 0.6) is 0 Å².